The molecule has 0 bridgehead atoms. The van der Waals surface area contributed by atoms with Crippen LogP contribution in [0, 0.1) is 0 Å². The Morgan fingerprint density at radius 3 is 2.73 bits per heavy atom. The van der Waals surface area contributed by atoms with Gasteiger partial charge in [0.25, 0.3) is 0 Å². The van der Waals surface area contributed by atoms with Crippen LogP contribution in [0.2, 0.25) is 0 Å². The zero-order valence-electron chi connectivity index (χ0n) is 8.45. The van der Waals surface area contributed by atoms with Crippen LogP contribution >= 0.6 is 15.9 Å². The van der Waals surface area contributed by atoms with Crippen molar-refractivity contribution in [3.05, 3.63) is 28.4 Å². The molecule has 78 valence electrons. The van der Waals surface area contributed by atoms with Gasteiger partial charge in [-0.05, 0) is 34.1 Å². The number of aldehydes is 1. The molecule has 1 aromatic carbocycles. The number of methoxy groups -OCH3 is 1. The van der Waals surface area contributed by atoms with Gasteiger partial charge in [0.05, 0.1) is 18.3 Å². The topological polar surface area (TPSA) is 31.2 Å². The summed E-state index contributed by atoms with van der Waals surface area (Å²) in [5.74, 6) is 0.775. The average Bonchev–Trinajstić information content (AvgIpc) is 2.55. The lowest BCUT2D eigenvalue weighted by Gasteiger charge is -2.04. The zero-order chi connectivity index (χ0) is 11.0. The number of aryl methyl sites for hydroxylation is 1. The summed E-state index contributed by atoms with van der Waals surface area (Å²) < 4.78 is 7.93. The number of carbonyl (C=O) groups is 1. The molecule has 0 saturated carbocycles. The van der Waals surface area contributed by atoms with E-state index >= 15 is 0 Å². The van der Waals surface area contributed by atoms with Gasteiger partial charge in [-0.1, -0.05) is 0 Å². The molecular formula is C11H10BrNO2. The number of benzene rings is 1. The molecule has 0 fully saturated rings. The lowest BCUT2D eigenvalue weighted by Crippen LogP contribution is -1.94. The van der Waals surface area contributed by atoms with Crippen LogP contribution in [-0.2, 0) is 7.05 Å². The first-order chi connectivity index (χ1) is 7.17. The van der Waals surface area contributed by atoms with Crippen molar-refractivity contribution in [3.8, 4) is 5.75 Å². The van der Waals surface area contributed by atoms with Crippen LogP contribution in [0.25, 0.3) is 10.9 Å². The number of rotatable bonds is 2. The highest BCUT2D eigenvalue weighted by Crippen LogP contribution is 2.30. The molecule has 0 unspecified atom stereocenters. The van der Waals surface area contributed by atoms with E-state index in [1.807, 2.05) is 29.8 Å². The monoisotopic (exact) mass is 267 g/mol. The van der Waals surface area contributed by atoms with Crippen molar-refractivity contribution >= 4 is 33.1 Å². The van der Waals surface area contributed by atoms with Gasteiger partial charge in [0, 0.05) is 16.9 Å². The van der Waals surface area contributed by atoms with E-state index in [2.05, 4.69) is 15.9 Å². The van der Waals surface area contributed by atoms with Gasteiger partial charge in [-0.15, -0.1) is 0 Å². The van der Waals surface area contributed by atoms with Gasteiger partial charge < -0.3 is 9.30 Å². The zero-order valence-corrected chi connectivity index (χ0v) is 10.0. The molecule has 0 amide bonds. The van der Waals surface area contributed by atoms with E-state index in [0.29, 0.717) is 5.69 Å². The van der Waals surface area contributed by atoms with E-state index in [4.69, 9.17) is 4.74 Å². The van der Waals surface area contributed by atoms with E-state index in [1.54, 1.807) is 7.11 Å². The number of hydrogen-bond donors (Lipinski definition) is 0. The lowest BCUT2D eigenvalue weighted by atomic mass is 10.2. The maximum atomic E-state index is 10.8. The molecule has 0 N–H and O–H groups in total. The second-order valence-corrected chi connectivity index (χ2v) is 4.15. The summed E-state index contributed by atoms with van der Waals surface area (Å²) in [5, 5.41) is 0.992. The van der Waals surface area contributed by atoms with Crippen LogP contribution in [-0.4, -0.2) is 18.0 Å². The Morgan fingerprint density at radius 1 is 1.40 bits per heavy atom. The molecule has 0 aliphatic heterocycles. The summed E-state index contributed by atoms with van der Waals surface area (Å²) in [6.07, 6.45) is 0.846. The van der Waals surface area contributed by atoms with E-state index < -0.39 is 0 Å². The van der Waals surface area contributed by atoms with Crippen LogP contribution < -0.4 is 4.74 Å². The third kappa shape index (κ3) is 1.55. The number of carbonyl (C=O) groups excluding carboxylic acids is 1. The van der Waals surface area contributed by atoms with E-state index in [-0.39, 0.29) is 0 Å². The Labute approximate surface area is 95.8 Å². The standard InChI is InChI=1S/C11H10BrNO2/c1-13-8(6-14)3-7-4-9(15-2)5-10(12)11(7)13/h3-6H,1-2H3. The minimum atomic E-state index is 0.652. The van der Waals surface area contributed by atoms with Gasteiger partial charge in [0.2, 0.25) is 0 Å². The van der Waals surface area contributed by atoms with Crippen LogP contribution in [0.1, 0.15) is 10.5 Å². The van der Waals surface area contributed by atoms with Crippen molar-refractivity contribution in [2.45, 2.75) is 0 Å². The first-order valence-corrected chi connectivity index (χ1v) is 5.25. The smallest absolute Gasteiger partial charge is 0.166 e. The predicted molar refractivity (Wildman–Crippen MR) is 62.6 cm³/mol. The molecule has 1 heterocycles. The Kier molecular flexibility index (Phi) is 2.52. The van der Waals surface area contributed by atoms with Crippen LogP contribution in [0.15, 0.2) is 22.7 Å². The summed E-state index contributed by atoms with van der Waals surface area (Å²) >= 11 is 3.47. The van der Waals surface area contributed by atoms with Gasteiger partial charge in [-0.25, -0.2) is 0 Å². The summed E-state index contributed by atoms with van der Waals surface area (Å²) in [4.78, 5) is 10.8. The van der Waals surface area contributed by atoms with Crippen LogP contribution in [0.4, 0.5) is 0 Å². The first-order valence-electron chi connectivity index (χ1n) is 4.45. The molecular weight excluding hydrogens is 258 g/mol. The second-order valence-electron chi connectivity index (χ2n) is 3.29. The fourth-order valence-corrected chi connectivity index (χ4v) is 2.40. The molecule has 0 aliphatic carbocycles. The van der Waals surface area contributed by atoms with Crippen molar-refractivity contribution in [1.82, 2.24) is 4.57 Å². The molecule has 0 spiro atoms. The Balaban J connectivity index is 2.82. The number of fused-ring (bicyclic) bond motifs is 1. The molecule has 0 atom stereocenters. The number of ether oxygens (including phenoxy) is 1. The fourth-order valence-electron chi connectivity index (χ4n) is 1.67. The summed E-state index contributed by atoms with van der Waals surface area (Å²) in [7, 11) is 3.49. The van der Waals surface area contributed by atoms with E-state index in [1.165, 1.54) is 0 Å². The van der Waals surface area contributed by atoms with Crippen molar-refractivity contribution in [1.29, 1.82) is 0 Å². The highest BCUT2D eigenvalue weighted by molar-refractivity contribution is 9.10. The Bertz CT molecular complexity index is 531. The SMILES string of the molecule is COc1cc(Br)c2c(c1)cc(C=O)n2C. The van der Waals surface area contributed by atoms with Gasteiger partial charge in [-0.2, -0.15) is 0 Å². The Morgan fingerprint density at radius 2 is 2.13 bits per heavy atom. The Hall–Kier alpha value is -1.29. The summed E-state index contributed by atoms with van der Waals surface area (Å²) in [6, 6.07) is 5.64. The minimum Gasteiger partial charge on any atom is -0.497 e. The van der Waals surface area contributed by atoms with Crippen molar-refractivity contribution in [3.63, 3.8) is 0 Å². The van der Waals surface area contributed by atoms with E-state index in [9.17, 15) is 4.79 Å². The molecule has 0 aliphatic rings. The maximum absolute atomic E-state index is 10.8. The molecule has 0 radical (unpaired) electrons. The maximum Gasteiger partial charge on any atom is 0.166 e. The highest BCUT2D eigenvalue weighted by atomic mass is 79.9. The van der Waals surface area contributed by atoms with Gasteiger partial charge in [-0.3, -0.25) is 4.79 Å². The largest absolute Gasteiger partial charge is 0.497 e. The third-order valence-electron chi connectivity index (χ3n) is 2.45. The number of aromatic nitrogens is 1. The predicted octanol–water partition coefficient (Wildman–Crippen LogP) is 2.76. The molecule has 2 rings (SSSR count). The molecule has 1 aromatic heterocycles. The normalized spacial score (nSPS) is 10.6. The number of halogens is 1. The lowest BCUT2D eigenvalue weighted by molar-refractivity contribution is 0.111. The van der Waals surface area contributed by atoms with Crippen molar-refractivity contribution in [2.24, 2.45) is 7.05 Å². The highest BCUT2D eigenvalue weighted by Gasteiger charge is 2.09. The minimum absolute atomic E-state index is 0.652. The average molecular weight is 268 g/mol. The van der Waals surface area contributed by atoms with Crippen LogP contribution in [0.3, 0.4) is 0 Å². The number of nitrogens with zero attached hydrogens (tertiary/aromatic N) is 1. The fraction of sp³-hybridized carbons (Fsp3) is 0.182. The molecule has 4 heteroatoms. The van der Waals surface area contributed by atoms with Gasteiger partial charge >= 0.3 is 0 Å². The summed E-state index contributed by atoms with van der Waals surface area (Å²) in [5.41, 5.74) is 1.65. The molecule has 15 heavy (non-hydrogen) atoms. The number of hydrogen-bond acceptors (Lipinski definition) is 2. The second kappa shape index (κ2) is 3.70. The molecule has 2 aromatic rings. The quantitative estimate of drug-likeness (QED) is 0.784. The van der Waals surface area contributed by atoms with Crippen molar-refractivity contribution in [2.75, 3.05) is 7.11 Å². The third-order valence-corrected chi connectivity index (χ3v) is 3.05. The van der Waals surface area contributed by atoms with Gasteiger partial charge in [0.1, 0.15) is 5.75 Å². The molecule has 3 nitrogen and oxygen atoms in total. The first kappa shape index (κ1) is 10.2. The van der Waals surface area contributed by atoms with E-state index in [0.717, 1.165) is 27.4 Å². The molecule has 0 saturated heterocycles. The van der Waals surface area contributed by atoms with Gasteiger partial charge in [0.15, 0.2) is 6.29 Å². The summed E-state index contributed by atoms with van der Waals surface area (Å²) in [6.45, 7) is 0. The van der Waals surface area contributed by atoms with Crippen molar-refractivity contribution < 1.29 is 9.53 Å². The van der Waals surface area contributed by atoms with Crippen LogP contribution in [0.5, 0.6) is 5.75 Å².